The smallest absolute Gasteiger partial charge is 0.319 e. The highest BCUT2D eigenvalue weighted by molar-refractivity contribution is 6.43. The molecule has 3 rings (SSSR count). The standard InChI is InChI=1S/C19H15Cl2N3O2/c20-16-2-1-3-17(18(16)21)24-19(25)23-12-13-4-6-14(7-5-13)26-15-8-10-22-11-9-15/h1-11H,12H2,(H2,23,24,25). The molecule has 0 radical (unpaired) electrons. The van der Waals surface area contributed by atoms with Gasteiger partial charge in [0.25, 0.3) is 0 Å². The van der Waals surface area contributed by atoms with Gasteiger partial charge in [-0.05, 0) is 42.0 Å². The van der Waals surface area contributed by atoms with Crippen LogP contribution >= 0.6 is 23.2 Å². The average molecular weight is 388 g/mol. The molecule has 1 heterocycles. The molecule has 0 atom stereocenters. The summed E-state index contributed by atoms with van der Waals surface area (Å²) in [7, 11) is 0. The second-order valence-electron chi connectivity index (χ2n) is 5.34. The van der Waals surface area contributed by atoms with Gasteiger partial charge in [0.2, 0.25) is 0 Å². The van der Waals surface area contributed by atoms with E-state index in [2.05, 4.69) is 15.6 Å². The molecule has 2 amide bonds. The van der Waals surface area contributed by atoms with E-state index >= 15 is 0 Å². The molecule has 1 aromatic heterocycles. The average Bonchev–Trinajstić information content (AvgIpc) is 2.66. The quantitative estimate of drug-likeness (QED) is 0.607. The van der Waals surface area contributed by atoms with Gasteiger partial charge in [-0.25, -0.2) is 4.79 Å². The number of nitrogens with one attached hydrogen (secondary N) is 2. The summed E-state index contributed by atoms with van der Waals surface area (Å²) in [5, 5.41) is 6.12. The molecule has 0 aliphatic rings. The molecule has 0 fully saturated rings. The number of urea groups is 1. The van der Waals surface area contributed by atoms with Crippen LogP contribution < -0.4 is 15.4 Å². The van der Waals surface area contributed by atoms with Crippen molar-refractivity contribution in [1.29, 1.82) is 0 Å². The van der Waals surface area contributed by atoms with Crippen LogP contribution in [0.15, 0.2) is 67.0 Å². The summed E-state index contributed by atoms with van der Waals surface area (Å²) in [4.78, 5) is 15.9. The van der Waals surface area contributed by atoms with Gasteiger partial charge in [0, 0.05) is 18.9 Å². The highest BCUT2D eigenvalue weighted by Crippen LogP contribution is 2.29. The lowest BCUT2D eigenvalue weighted by Gasteiger charge is -2.10. The molecule has 0 aliphatic carbocycles. The molecule has 0 saturated carbocycles. The van der Waals surface area contributed by atoms with E-state index in [4.69, 9.17) is 27.9 Å². The van der Waals surface area contributed by atoms with Gasteiger partial charge >= 0.3 is 6.03 Å². The van der Waals surface area contributed by atoms with Crippen molar-refractivity contribution in [3.63, 3.8) is 0 Å². The molecule has 2 aromatic carbocycles. The minimum absolute atomic E-state index is 0.307. The number of nitrogens with zero attached hydrogens (tertiary/aromatic N) is 1. The van der Waals surface area contributed by atoms with Crippen LogP contribution in [0, 0.1) is 0 Å². The summed E-state index contributed by atoms with van der Waals surface area (Å²) in [6.45, 7) is 0.361. The lowest BCUT2D eigenvalue weighted by Crippen LogP contribution is -2.28. The van der Waals surface area contributed by atoms with E-state index in [1.165, 1.54) is 0 Å². The van der Waals surface area contributed by atoms with Gasteiger partial charge in [-0.3, -0.25) is 4.98 Å². The molecule has 3 aromatic rings. The largest absolute Gasteiger partial charge is 0.457 e. The topological polar surface area (TPSA) is 63.2 Å². The first-order chi connectivity index (χ1) is 12.6. The molecule has 0 saturated heterocycles. The van der Waals surface area contributed by atoms with Gasteiger partial charge in [-0.15, -0.1) is 0 Å². The van der Waals surface area contributed by atoms with E-state index in [1.807, 2.05) is 24.3 Å². The van der Waals surface area contributed by atoms with Gasteiger partial charge in [-0.2, -0.15) is 0 Å². The molecule has 132 valence electrons. The Bertz CT molecular complexity index is 887. The first-order valence-electron chi connectivity index (χ1n) is 7.77. The Kier molecular flexibility index (Phi) is 5.94. The number of hydrogen-bond donors (Lipinski definition) is 2. The number of carbonyl (C=O) groups excluding carboxylic acids is 1. The normalized spacial score (nSPS) is 10.2. The van der Waals surface area contributed by atoms with Crippen molar-refractivity contribution in [3.05, 3.63) is 82.6 Å². The maximum absolute atomic E-state index is 12.0. The van der Waals surface area contributed by atoms with Crippen LogP contribution in [0.4, 0.5) is 10.5 Å². The third-order valence-electron chi connectivity index (χ3n) is 3.46. The van der Waals surface area contributed by atoms with Crippen molar-refractivity contribution >= 4 is 34.9 Å². The van der Waals surface area contributed by atoms with E-state index in [-0.39, 0.29) is 6.03 Å². The van der Waals surface area contributed by atoms with Crippen LogP contribution in [0.1, 0.15) is 5.56 Å². The number of anilines is 1. The molecular formula is C19H15Cl2N3O2. The summed E-state index contributed by atoms with van der Waals surface area (Å²) < 4.78 is 5.70. The number of aromatic nitrogens is 1. The zero-order valence-corrected chi connectivity index (χ0v) is 15.1. The molecule has 5 nitrogen and oxygen atoms in total. The Morgan fingerprint density at radius 1 is 0.962 bits per heavy atom. The van der Waals surface area contributed by atoms with Crippen molar-refractivity contribution < 1.29 is 9.53 Å². The molecule has 0 unspecified atom stereocenters. The number of amides is 2. The van der Waals surface area contributed by atoms with Gasteiger partial charge < -0.3 is 15.4 Å². The number of benzene rings is 2. The van der Waals surface area contributed by atoms with Crippen molar-refractivity contribution in [2.75, 3.05) is 5.32 Å². The molecule has 2 N–H and O–H groups in total. The summed E-state index contributed by atoms with van der Waals surface area (Å²) in [6, 6.07) is 15.7. The first kappa shape index (κ1) is 18.0. The maximum Gasteiger partial charge on any atom is 0.319 e. The highest BCUT2D eigenvalue weighted by Gasteiger charge is 2.08. The monoisotopic (exact) mass is 387 g/mol. The molecule has 0 aliphatic heterocycles. The van der Waals surface area contributed by atoms with Gasteiger partial charge in [0.1, 0.15) is 11.5 Å². The summed E-state index contributed by atoms with van der Waals surface area (Å²) >= 11 is 12.0. The Labute approximate surface area is 160 Å². The Hall–Kier alpha value is -2.76. The van der Waals surface area contributed by atoms with Crippen LogP contribution in [-0.4, -0.2) is 11.0 Å². The van der Waals surface area contributed by atoms with Crippen LogP contribution in [0.3, 0.4) is 0 Å². The fourth-order valence-corrected chi connectivity index (χ4v) is 2.51. The van der Waals surface area contributed by atoms with E-state index < -0.39 is 0 Å². The van der Waals surface area contributed by atoms with E-state index in [9.17, 15) is 4.79 Å². The summed E-state index contributed by atoms with van der Waals surface area (Å²) in [6.07, 6.45) is 3.33. The number of hydrogen-bond acceptors (Lipinski definition) is 3. The van der Waals surface area contributed by atoms with Crippen LogP contribution in [0.25, 0.3) is 0 Å². The van der Waals surface area contributed by atoms with E-state index in [0.29, 0.717) is 33.8 Å². The predicted molar refractivity (Wildman–Crippen MR) is 103 cm³/mol. The Morgan fingerprint density at radius 3 is 2.38 bits per heavy atom. The van der Waals surface area contributed by atoms with Crippen molar-refractivity contribution in [2.24, 2.45) is 0 Å². The second kappa shape index (κ2) is 8.56. The first-order valence-corrected chi connectivity index (χ1v) is 8.53. The van der Waals surface area contributed by atoms with Crippen LogP contribution in [0.5, 0.6) is 11.5 Å². The minimum atomic E-state index is -0.369. The lowest BCUT2D eigenvalue weighted by molar-refractivity contribution is 0.251. The highest BCUT2D eigenvalue weighted by atomic mass is 35.5. The number of halogens is 2. The number of pyridine rings is 1. The molecule has 26 heavy (non-hydrogen) atoms. The maximum atomic E-state index is 12.0. The van der Waals surface area contributed by atoms with Gasteiger partial charge in [0.15, 0.2) is 0 Å². The third kappa shape index (κ3) is 4.88. The second-order valence-corrected chi connectivity index (χ2v) is 6.12. The Morgan fingerprint density at radius 2 is 1.65 bits per heavy atom. The van der Waals surface area contributed by atoms with Gasteiger partial charge in [-0.1, -0.05) is 41.4 Å². The summed E-state index contributed by atoms with van der Waals surface area (Å²) in [5.41, 5.74) is 1.39. The van der Waals surface area contributed by atoms with Crippen molar-refractivity contribution in [3.8, 4) is 11.5 Å². The fraction of sp³-hybridized carbons (Fsp3) is 0.0526. The van der Waals surface area contributed by atoms with Crippen molar-refractivity contribution in [2.45, 2.75) is 6.54 Å². The number of ether oxygens (including phenoxy) is 1. The number of rotatable bonds is 5. The van der Waals surface area contributed by atoms with Gasteiger partial charge in [0.05, 0.1) is 15.7 Å². The molecule has 7 heteroatoms. The Balaban J connectivity index is 1.53. The van der Waals surface area contributed by atoms with Crippen molar-refractivity contribution in [1.82, 2.24) is 10.3 Å². The number of carbonyl (C=O) groups is 1. The SMILES string of the molecule is O=C(NCc1ccc(Oc2ccncc2)cc1)Nc1cccc(Cl)c1Cl. The van der Waals surface area contributed by atoms with Crippen LogP contribution in [0.2, 0.25) is 10.0 Å². The fourth-order valence-electron chi connectivity index (χ4n) is 2.17. The van der Waals surface area contributed by atoms with E-state index in [0.717, 1.165) is 5.56 Å². The third-order valence-corrected chi connectivity index (χ3v) is 4.28. The zero-order valence-electron chi connectivity index (χ0n) is 13.6. The summed E-state index contributed by atoms with van der Waals surface area (Å²) in [5.74, 6) is 1.42. The minimum Gasteiger partial charge on any atom is -0.457 e. The lowest BCUT2D eigenvalue weighted by atomic mass is 10.2. The molecule has 0 spiro atoms. The van der Waals surface area contributed by atoms with E-state index in [1.54, 1.807) is 42.7 Å². The van der Waals surface area contributed by atoms with Crippen LogP contribution in [-0.2, 0) is 6.54 Å². The zero-order chi connectivity index (χ0) is 18.4. The molecular weight excluding hydrogens is 373 g/mol. The predicted octanol–water partition coefficient (Wildman–Crippen LogP) is 5.50. The molecule has 0 bridgehead atoms.